The van der Waals surface area contributed by atoms with Crippen molar-refractivity contribution >= 4 is 0 Å². The minimum Gasteiger partial charge on any atom is -0.497 e. The van der Waals surface area contributed by atoms with Gasteiger partial charge in [0.25, 0.3) is 0 Å². The van der Waals surface area contributed by atoms with Crippen LogP contribution < -0.4 is 18.9 Å². The zero-order valence-corrected chi connectivity index (χ0v) is 48.9. The topological polar surface area (TPSA) is 49.9 Å². The Morgan fingerprint density at radius 2 is 0.613 bits per heavy atom. The van der Waals surface area contributed by atoms with Crippen molar-refractivity contribution < 1.29 is 38.1 Å². The Bertz CT molecular complexity index is 3250. The predicted octanol–water partition coefficient (Wildman–Crippen LogP) is 13.5. The summed E-state index contributed by atoms with van der Waals surface area (Å²) in [4.78, 5) is 7.49. The standard InChI is InChI=1S/4C18H25NO/c4*1-19-10-9-18-8-4-3-5-15(18)17(19)11-13-6-7-14(20-2)12-16(13)18/h4*6-7,12,15,17H,3-5,8-11H2,1-2H3/t4*15?,17-,18-/m0000/s1/i2*1D3,11D2;2*11D2. The molecule has 80 heavy (non-hydrogen) atoms. The average molecular weight is 1100 g/mol. The van der Waals surface area contributed by atoms with E-state index >= 15 is 0 Å². The molecule has 0 aromatic heterocycles. The minimum absolute atomic E-state index is 0.0162. The van der Waals surface area contributed by atoms with Crippen LogP contribution in [-0.4, -0.2) is 126 Å². The summed E-state index contributed by atoms with van der Waals surface area (Å²) in [5, 5.41) is 0. The highest BCUT2D eigenvalue weighted by atomic mass is 16.5. The van der Waals surface area contributed by atoms with Crippen LogP contribution in [0.4, 0.5) is 0 Å². The lowest BCUT2D eigenvalue weighted by Gasteiger charge is -2.58. The summed E-state index contributed by atoms with van der Waals surface area (Å²) in [5.41, 5.74) is 7.85. The van der Waals surface area contributed by atoms with Gasteiger partial charge in [0.1, 0.15) is 23.0 Å². The van der Waals surface area contributed by atoms with Crippen molar-refractivity contribution in [2.75, 3.05) is 82.7 Å². The van der Waals surface area contributed by atoms with E-state index in [9.17, 15) is 0 Å². The fraction of sp³-hybridized carbons (Fsp3) is 0.667. The molecule has 4 unspecified atom stereocenters. The maximum Gasteiger partial charge on any atom is 0.119 e. The van der Waals surface area contributed by atoms with Gasteiger partial charge in [-0.1, -0.05) is 75.6 Å². The maximum absolute atomic E-state index is 8.88. The molecule has 4 aliphatic heterocycles. The summed E-state index contributed by atoms with van der Waals surface area (Å²) in [6.45, 7) is -1.67. The van der Waals surface area contributed by atoms with Crippen molar-refractivity contribution in [2.24, 2.45) is 23.7 Å². The number of hydrogen-bond acceptors (Lipinski definition) is 8. The lowest BCUT2D eigenvalue weighted by atomic mass is 9.52. The first-order chi connectivity index (χ1) is 44.4. The van der Waals surface area contributed by atoms with Crippen molar-refractivity contribution in [1.82, 2.24) is 19.6 Å². The highest BCUT2D eigenvalue weighted by Gasteiger charge is 2.57. The molecular formula is C72H100N4O4. The molecule has 12 aliphatic rings. The van der Waals surface area contributed by atoms with Crippen molar-refractivity contribution in [3.05, 3.63) is 117 Å². The molecule has 4 aromatic carbocycles. The van der Waals surface area contributed by atoms with E-state index < -0.39 is 51.5 Å². The smallest absolute Gasteiger partial charge is 0.119 e. The summed E-state index contributed by atoms with van der Waals surface area (Å²) >= 11 is 0. The molecule has 8 heteroatoms. The number of ether oxygens (including phenoxy) is 4. The molecule has 8 fully saturated rings. The van der Waals surface area contributed by atoms with Gasteiger partial charge in [0.2, 0.25) is 0 Å². The molecule has 432 valence electrons. The molecule has 4 heterocycles. The number of fused-ring (bicyclic) bond motifs is 4. The van der Waals surface area contributed by atoms with Gasteiger partial charge in [0.15, 0.2) is 0 Å². The lowest BCUT2D eigenvalue weighted by molar-refractivity contribution is 0.00272. The summed E-state index contributed by atoms with van der Waals surface area (Å²) < 4.78 is 140. The van der Waals surface area contributed by atoms with E-state index in [-0.39, 0.29) is 45.6 Å². The first-order valence-electron chi connectivity index (χ1n) is 38.1. The number of piperidine rings is 4. The molecule has 0 radical (unpaired) electrons. The zero-order valence-electron chi connectivity index (χ0n) is 62.9. The van der Waals surface area contributed by atoms with Gasteiger partial charge in [-0.3, -0.25) is 0 Å². The molecule has 8 bridgehead atoms. The van der Waals surface area contributed by atoms with Gasteiger partial charge in [0, 0.05) is 65.0 Å². The minimum atomic E-state index is -2.26. The third-order valence-corrected chi connectivity index (χ3v) is 23.2. The second-order valence-corrected chi connectivity index (χ2v) is 26.4. The fourth-order valence-corrected chi connectivity index (χ4v) is 19.2. The number of nitrogens with zero attached hydrogens (tertiary/aromatic N) is 4. The summed E-state index contributed by atoms with van der Waals surface area (Å²) in [5.74, 6) is 4.21. The fourth-order valence-electron chi connectivity index (χ4n) is 19.2. The molecular weight excluding hydrogens is 985 g/mol. The molecule has 4 saturated carbocycles. The highest BCUT2D eigenvalue weighted by molar-refractivity contribution is 5.49. The highest BCUT2D eigenvalue weighted by Crippen LogP contribution is 2.60. The number of rotatable bonds is 4. The monoisotopic (exact) mass is 1100 g/mol. The average Bonchev–Trinajstić information content (AvgIpc) is 0.715. The van der Waals surface area contributed by atoms with Crippen LogP contribution in [0.3, 0.4) is 0 Å². The normalized spacial score (nSPS) is 41.5. The first-order valence-corrected chi connectivity index (χ1v) is 31.1. The van der Waals surface area contributed by atoms with Crippen LogP contribution in [0, 0.1) is 23.7 Å². The molecule has 0 amide bonds. The number of benzene rings is 4. The molecule has 8 nitrogen and oxygen atoms in total. The summed E-state index contributed by atoms with van der Waals surface area (Å²) in [6, 6.07) is 22.2. The lowest BCUT2D eigenvalue weighted by Crippen LogP contribution is -2.59. The molecule has 12 atom stereocenters. The van der Waals surface area contributed by atoms with Crippen LogP contribution >= 0.6 is 0 Å². The van der Waals surface area contributed by atoms with E-state index in [2.05, 4.69) is 36.0 Å². The summed E-state index contributed by atoms with van der Waals surface area (Å²) in [6.07, 6.45) is 15.9. The largest absolute Gasteiger partial charge is 0.497 e. The second kappa shape index (κ2) is 22.2. The van der Waals surface area contributed by atoms with Gasteiger partial charge in [0.05, 0.1) is 28.4 Å². The number of hydrogen-bond donors (Lipinski definition) is 0. The van der Waals surface area contributed by atoms with Crippen molar-refractivity contribution in [1.29, 1.82) is 0 Å². The Morgan fingerprint density at radius 1 is 0.362 bits per heavy atom. The van der Waals surface area contributed by atoms with E-state index in [1.165, 1.54) is 59.5 Å². The van der Waals surface area contributed by atoms with Crippen LogP contribution in [0.1, 0.15) is 192 Å². The third-order valence-electron chi connectivity index (χ3n) is 23.2. The number of likely N-dealkylation sites (N-methyl/N-ethyl adjacent to an activating group) is 4. The van der Waals surface area contributed by atoms with E-state index in [1.54, 1.807) is 40.6 Å². The molecule has 0 spiro atoms. The second-order valence-electron chi connectivity index (χ2n) is 26.4. The zero-order chi connectivity index (χ0) is 67.1. The van der Waals surface area contributed by atoms with Gasteiger partial charge in [-0.25, -0.2) is 0 Å². The van der Waals surface area contributed by atoms with Gasteiger partial charge >= 0.3 is 0 Å². The molecule has 16 rings (SSSR count). The molecule has 4 saturated heterocycles. The third kappa shape index (κ3) is 9.09. The first kappa shape index (κ1) is 41.0. The molecule has 0 N–H and O–H groups in total. The van der Waals surface area contributed by atoms with Crippen molar-refractivity contribution in [2.45, 2.75) is 200 Å². The number of methoxy groups -OCH3 is 4. The Morgan fingerprint density at radius 3 is 0.863 bits per heavy atom. The Balaban J connectivity index is 0.000000114. The van der Waals surface area contributed by atoms with Crippen LogP contribution in [0.25, 0.3) is 0 Å². The Kier molecular flexibility index (Phi) is 11.4. The quantitative estimate of drug-likeness (QED) is 0.200. The van der Waals surface area contributed by atoms with Crippen LogP contribution in [0.5, 0.6) is 23.0 Å². The molecule has 8 aliphatic carbocycles. The van der Waals surface area contributed by atoms with Crippen molar-refractivity contribution in [3.8, 4) is 23.0 Å². The molecule has 4 aromatic rings. The van der Waals surface area contributed by atoms with Gasteiger partial charge in [-0.15, -0.1) is 0 Å². The van der Waals surface area contributed by atoms with Crippen LogP contribution in [-0.2, 0) is 47.2 Å². The van der Waals surface area contributed by atoms with E-state index in [0.717, 1.165) is 148 Å². The Hall–Kier alpha value is -4.08. The summed E-state index contributed by atoms with van der Waals surface area (Å²) in [7, 11) is 10.9. The van der Waals surface area contributed by atoms with E-state index in [0.29, 0.717) is 36.1 Å². The van der Waals surface area contributed by atoms with E-state index in [4.69, 9.17) is 38.1 Å². The maximum atomic E-state index is 8.88. The van der Waals surface area contributed by atoms with Gasteiger partial charge < -0.3 is 38.5 Å². The van der Waals surface area contributed by atoms with Crippen molar-refractivity contribution in [3.63, 3.8) is 0 Å². The van der Waals surface area contributed by atoms with Crippen LogP contribution in [0.2, 0.25) is 0 Å². The SMILES string of the molecule is [2H]C1([2H])c2ccc(OC)cc2[C@]23CCCCC2[C@H]1N(C([2H])([2H])[2H])CC3.[2H]C1([2H])c2ccc(OC)cc2[C@]23CCCCC2[C@H]1N(C([2H])([2H])[2H])CC3.[2H]C1([2H])c2ccc(OC)cc2[C@]23CCCCC2[C@H]1N(C)CC3.[2H]C1([2H])c2ccc(OC)cc2[C@]23CCCCC2[C@H]1N(C)CC3. The predicted molar refractivity (Wildman–Crippen MR) is 325 cm³/mol. The van der Waals surface area contributed by atoms with Gasteiger partial charge in [-0.2, -0.15) is 0 Å². The number of likely N-dealkylation sites (tertiary alicyclic amines) is 4. The van der Waals surface area contributed by atoms with Crippen LogP contribution in [0.15, 0.2) is 72.8 Å². The Labute approximate surface area is 502 Å². The van der Waals surface area contributed by atoms with E-state index in [1.807, 2.05) is 48.5 Å². The van der Waals surface area contributed by atoms with Gasteiger partial charge in [-0.05, 0) is 273 Å².